The minimum absolute atomic E-state index is 0.0524. The minimum Gasteiger partial charge on any atom is -0.493 e. The lowest BCUT2D eigenvalue weighted by molar-refractivity contribution is -0.151. The third-order valence-corrected chi connectivity index (χ3v) is 26.7. The Bertz CT molecular complexity index is 7660. The van der Waals surface area contributed by atoms with Gasteiger partial charge in [0.05, 0.1) is 123 Å². The summed E-state index contributed by atoms with van der Waals surface area (Å²) in [5.74, 6) is 2.07. The molecule has 8 aromatic carbocycles. The molecule has 149 heavy (non-hydrogen) atoms. The van der Waals surface area contributed by atoms with E-state index >= 15 is 0 Å². The van der Waals surface area contributed by atoms with Gasteiger partial charge in [0.2, 0.25) is 0 Å². The van der Waals surface area contributed by atoms with Gasteiger partial charge >= 0.3 is 17.9 Å². The fourth-order valence-electron chi connectivity index (χ4n) is 20.8. The van der Waals surface area contributed by atoms with Crippen LogP contribution in [-0.2, 0) is 73.2 Å². The summed E-state index contributed by atoms with van der Waals surface area (Å²) in [5.41, 5.74) is 25.2. The van der Waals surface area contributed by atoms with Gasteiger partial charge in [-0.3, -0.25) is 44.1 Å². The molecule has 7 atom stereocenters. The van der Waals surface area contributed by atoms with Gasteiger partial charge in [0.25, 0.3) is 0 Å². The molecule has 0 aliphatic carbocycles. The van der Waals surface area contributed by atoms with Crippen LogP contribution in [-0.4, -0.2) is 149 Å². The fraction of sp³-hybridized carbons (Fsp3) is 0.377. The van der Waals surface area contributed by atoms with Crippen LogP contribution in [0.15, 0.2) is 170 Å². The number of ketones is 1. The summed E-state index contributed by atoms with van der Waals surface area (Å²) in [6.07, 6.45) is 5.36. The van der Waals surface area contributed by atoms with Crippen LogP contribution in [0.3, 0.4) is 0 Å². The molecular formula is C122H130F2N8O17. The van der Waals surface area contributed by atoms with E-state index in [0.717, 1.165) is 208 Å². The van der Waals surface area contributed by atoms with Gasteiger partial charge in [-0.25, -0.2) is 23.7 Å². The van der Waals surface area contributed by atoms with Crippen molar-refractivity contribution < 1.29 is 90.3 Å². The number of aryl methyl sites for hydroxylation is 4. The lowest BCUT2D eigenvalue weighted by Gasteiger charge is -2.31. The number of carbonyl (C=O) groups excluding carboxylic acids is 4. The quantitative estimate of drug-likeness (QED) is 0.0341. The molecule has 12 heterocycles. The van der Waals surface area contributed by atoms with Gasteiger partial charge in [0.1, 0.15) is 85.3 Å². The van der Waals surface area contributed by atoms with Gasteiger partial charge < -0.3 is 62.3 Å². The van der Waals surface area contributed by atoms with Crippen LogP contribution in [0.2, 0.25) is 0 Å². The molecule has 0 saturated carbocycles. The van der Waals surface area contributed by atoms with Gasteiger partial charge in [-0.2, -0.15) is 0 Å². The van der Waals surface area contributed by atoms with E-state index in [4.69, 9.17) is 82.0 Å². The number of esters is 3. The molecule has 0 spiro atoms. The Labute approximate surface area is 866 Å². The molecule has 25 nitrogen and oxygen atoms in total. The zero-order chi connectivity index (χ0) is 106. The zero-order valence-corrected chi connectivity index (χ0v) is 89.0. The van der Waals surface area contributed by atoms with E-state index in [2.05, 4.69) is 16.0 Å². The SMILES string of the molecule is CC(=O)OC[C@@H](OC(C)(C)C)c1c(C)cc2nc(C(C)=O)ccc2c1-c1ccc2c3c(ccnc13)CCO2.CC(=O)OC[C@@H](OC(C)(C)C)c1c(C)cc2nc(C(C)F)ccc2c1-c1ccc2c3c(ccnc13)CCO2.CC(=O)OC[C@@H](OC(C)(C)C)c1c(C)cc2nc(C(C)O)ccc2c1-c1ccc2c3c(ccnc13)CCO2.Cc1cc2nc(C(C)F)ccc2c(-c2ccc3c4c(ccnc24)CCO3)c1[C@@H](CO)OC(C)(C)C. The number of nitrogens with zero attached hydrogens (tertiary/aromatic N) is 8. The molecule has 0 bridgehead atoms. The van der Waals surface area contributed by atoms with Crippen molar-refractivity contribution in [3.63, 3.8) is 0 Å². The summed E-state index contributed by atoms with van der Waals surface area (Å²) >= 11 is 0. The molecule has 27 heteroatoms. The smallest absolute Gasteiger partial charge is 0.302 e. The van der Waals surface area contributed by atoms with Crippen molar-refractivity contribution >= 4 is 111 Å². The lowest BCUT2D eigenvalue weighted by Crippen LogP contribution is -2.27. The number of halogens is 2. The number of Topliss-reactive ketones (excluding diaryl/α,β-unsaturated/α-hetero) is 1. The Morgan fingerprint density at radius 2 is 0.604 bits per heavy atom. The molecule has 0 saturated heterocycles. The first-order valence-corrected chi connectivity index (χ1v) is 50.9. The molecule has 2 N–H and O–H groups in total. The number of aliphatic hydroxyl groups excluding tert-OH is 2. The first kappa shape index (κ1) is 106. The number of aromatic nitrogens is 8. The Morgan fingerprint density at radius 3 is 0.859 bits per heavy atom. The first-order chi connectivity index (χ1) is 70.8. The molecule has 3 unspecified atom stereocenters. The predicted octanol–water partition coefficient (Wildman–Crippen LogP) is 26.2. The van der Waals surface area contributed by atoms with Gasteiger partial charge in [-0.1, -0.05) is 18.2 Å². The third kappa shape index (κ3) is 22.9. The summed E-state index contributed by atoms with van der Waals surface area (Å²) < 4.78 is 94.7. The Kier molecular flexibility index (Phi) is 30.8. The summed E-state index contributed by atoms with van der Waals surface area (Å²) in [5, 5.41) is 28.2. The second-order valence-electron chi connectivity index (χ2n) is 42.6. The van der Waals surface area contributed by atoms with E-state index < -0.39 is 65.3 Å². The highest BCUT2D eigenvalue weighted by atomic mass is 19.1. The van der Waals surface area contributed by atoms with Gasteiger partial charge in [0, 0.05) is 144 Å². The average molecular weight is 2020 g/mol. The van der Waals surface area contributed by atoms with Crippen molar-refractivity contribution in [3.05, 3.63) is 260 Å². The summed E-state index contributed by atoms with van der Waals surface area (Å²) in [7, 11) is 0. The predicted molar refractivity (Wildman–Crippen MR) is 577 cm³/mol. The maximum absolute atomic E-state index is 14.2. The maximum atomic E-state index is 14.2. The standard InChI is InChI=1S/C31H33FN2O4.C31H34N2O5.C31H32N2O5.C29H31FN2O3/c1-17-15-24-21(7-9-23(34-24)18(2)32)29(27(17)26(16-37-19(3)35)38-31(4,5)6)22-8-10-25-28-20(12-14-36-25)11-13-33-30(22)28;2*1-17-15-24-21(7-9-23(33-24)18(2)34)29(27(17)26(16-37-19(3)35)38-31(4,5)6)22-8-10-25-28-20(12-14-36-25)11-13-32-30(22)28;1-16-14-22-19(6-8-21(32-22)17(2)30)27(25(16)24(15-33)35-29(3,4)5)20-7-9-23-26-18(11-13-34-23)10-12-31-28(20)26/h7-11,13,15,18,26H,12,14,16H2,1-6H3;7-11,13,15,18,26,34H,12,14,16H2,1-6H3;7-11,13,15,26H,12,14,16H2,1-6H3;6-10,12,14,17,24,33H,11,13,15H2,1-5H3/t2*18?,26-;26-;17?,24-/m1111/s1. The van der Waals surface area contributed by atoms with Crippen LogP contribution >= 0.6 is 0 Å². The van der Waals surface area contributed by atoms with Crippen LogP contribution in [0.5, 0.6) is 23.0 Å². The van der Waals surface area contributed by atoms with Crippen molar-refractivity contribution in [2.24, 2.45) is 0 Å². The van der Waals surface area contributed by atoms with Crippen molar-refractivity contribution in [3.8, 4) is 67.5 Å². The number of pyridine rings is 8. The zero-order valence-electron chi connectivity index (χ0n) is 89.0. The number of ether oxygens (including phenoxy) is 11. The van der Waals surface area contributed by atoms with E-state index in [1.165, 1.54) is 63.8 Å². The molecule has 0 fully saturated rings. The van der Waals surface area contributed by atoms with Crippen LogP contribution in [0, 0.1) is 27.7 Å². The van der Waals surface area contributed by atoms with E-state index in [9.17, 15) is 38.2 Å². The number of fused-ring (bicyclic) bond motifs is 4. The molecule has 4 aliphatic rings. The number of alkyl halides is 2. The monoisotopic (exact) mass is 2020 g/mol. The third-order valence-electron chi connectivity index (χ3n) is 26.7. The molecular weight excluding hydrogens is 1890 g/mol. The lowest BCUT2D eigenvalue weighted by atomic mass is 9.86. The summed E-state index contributed by atoms with van der Waals surface area (Å²) in [4.78, 5) is 85.7. The number of rotatable bonds is 23. The van der Waals surface area contributed by atoms with Crippen LogP contribution in [0.4, 0.5) is 8.78 Å². The molecule has 8 aromatic heterocycles. The topological polar surface area (TPSA) is 313 Å². The molecule has 0 amide bonds. The molecule has 774 valence electrons. The van der Waals surface area contributed by atoms with Crippen molar-refractivity contribution in [2.45, 2.75) is 250 Å². The van der Waals surface area contributed by atoms with Crippen molar-refractivity contribution in [1.29, 1.82) is 0 Å². The number of carbonyl (C=O) groups is 4. The van der Waals surface area contributed by atoms with E-state index in [1.807, 2.05) is 257 Å². The van der Waals surface area contributed by atoms with E-state index in [0.29, 0.717) is 65.8 Å². The summed E-state index contributed by atoms with van der Waals surface area (Å²) in [6, 6.07) is 47.0. The number of hydrogen-bond donors (Lipinski definition) is 2. The average Bonchev–Trinajstić information content (AvgIpc) is 0.742. The van der Waals surface area contributed by atoms with Gasteiger partial charge in [0.15, 0.2) is 5.78 Å². The fourth-order valence-corrected chi connectivity index (χ4v) is 20.8. The Hall–Kier alpha value is -14.1. The number of benzene rings is 8. The minimum atomic E-state index is -1.19. The maximum Gasteiger partial charge on any atom is 0.302 e. The highest BCUT2D eigenvalue weighted by molar-refractivity contribution is 6.12. The number of aliphatic hydroxyl groups is 2. The Balaban J connectivity index is 0.000000135. The summed E-state index contributed by atoms with van der Waals surface area (Å²) in [6.45, 7) is 44.7. The second kappa shape index (κ2) is 43.3. The first-order valence-electron chi connectivity index (χ1n) is 50.9. The highest BCUT2D eigenvalue weighted by Gasteiger charge is 2.37. The highest BCUT2D eigenvalue weighted by Crippen LogP contribution is 2.53. The molecule has 4 aliphatic heterocycles. The van der Waals surface area contributed by atoms with Crippen molar-refractivity contribution in [1.82, 2.24) is 39.9 Å². The van der Waals surface area contributed by atoms with Crippen molar-refractivity contribution in [2.75, 3.05) is 52.9 Å². The van der Waals surface area contributed by atoms with Crippen LogP contribution in [0.1, 0.15) is 269 Å². The largest absolute Gasteiger partial charge is 0.493 e. The van der Waals surface area contributed by atoms with Gasteiger partial charge in [-0.05, 0) is 348 Å². The van der Waals surface area contributed by atoms with Crippen LogP contribution < -0.4 is 18.9 Å². The normalized spacial score (nSPS) is 14.7. The van der Waals surface area contributed by atoms with Crippen LogP contribution in [0.25, 0.3) is 132 Å². The second-order valence-corrected chi connectivity index (χ2v) is 42.6. The molecule has 16 aromatic rings. The van der Waals surface area contributed by atoms with E-state index in [1.54, 1.807) is 25.1 Å². The molecule has 20 rings (SSSR count). The van der Waals surface area contributed by atoms with E-state index in [-0.39, 0.29) is 50.1 Å². The molecule has 0 radical (unpaired) electrons. The Morgan fingerprint density at radius 1 is 0.349 bits per heavy atom. The number of hydrogen-bond acceptors (Lipinski definition) is 25. The van der Waals surface area contributed by atoms with Gasteiger partial charge in [-0.15, -0.1) is 0 Å².